The van der Waals surface area contributed by atoms with Crippen molar-refractivity contribution in [1.29, 1.82) is 0 Å². The molecule has 0 aromatic carbocycles. The third-order valence-electron chi connectivity index (χ3n) is 3.46. The van der Waals surface area contributed by atoms with Gasteiger partial charge in [0.1, 0.15) is 4.90 Å². The summed E-state index contributed by atoms with van der Waals surface area (Å²) in [5.74, 6) is 0. The molecular weight excluding hydrogens is 252 g/mol. The van der Waals surface area contributed by atoms with E-state index in [0.717, 1.165) is 19.3 Å². The van der Waals surface area contributed by atoms with E-state index >= 15 is 0 Å². The topological polar surface area (TPSA) is 70.2 Å². The summed E-state index contributed by atoms with van der Waals surface area (Å²) >= 11 is 0. The lowest BCUT2D eigenvalue weighted by Gasteiger charge is -2.37. The highest BCUT2D eigenvalue weighted by molar-refractivity contribution is 7.89. The Kier molecular flexibility index (Phi) is 3.59. The van der Waals surface area contributed by atoms with Gasteiger partial charge in [0.25, 0.3) is 0 Å². The number of pyridine rings is 1. The first-order chi connectivity index (χ1) is 8.44. The van der Waals surface area contributed by atoms with Gasteiger partial charge in [-0.3, -0.25) is 4.79 Å². The molecule has 1 aliphatic heterocycles. The van der Waals surface area contributed by atoms with Crippen molar-refractivity contribution >= 4 is 10.0 Å². The first-order valence-corrected chi connectivity index (χ1v) is 7.59. The van der Waals surface area contributed by atoms with Crippen LogP contribution in [0.2, 0.25) is 0 Å². The van der Waals surface area contributed by atoms with E-state index in [1.54, 1.807) is 0 Å². The molecule has 0 bridgehead atoms. The minimum absolute atomic E-state index is 0.0571. The van der Waals surface area contributed by atoms with Crippen LogP contribution in [0.5, 0.6) is 0 Å². The van der Waals surface area contributed by atoms with Crippen molar-refractivity contribution in [3.05, 3.63) is 28.7 Å². The fourth-order valence-corrected chi connectivity index (χ4v) is 4.51. The standard InChI is InChI=1S/C12H18N2O3S/c1-9-4-3-5-10(2)14(9)18(16,17)12-8-13-7-6-11(12)15/h6-10H,3-5H2,1-2H3,(H,13,15)/t9-,10+. The number of sulfonamides is 1. The summed E-state index contributed by atoms with van der Waals surface area (Å²) in [6.45, 7) is 3.79. The van der Waals surface area contributed by atoms with Gasteiger partial charge in [-0.1, -0.05) is 6.42 Å². The first kappa shape index (κ1) is 13.3. The maximum atomic E-state index is 12.5. The van der Waals surface area contributed by atoms with Crippen LogP contribution in [0.1, 0.15) is 33.1 Å². The minimum atomic E-state index is -3.70. The number of nitrogens with zero attached hydrogens (tertiary/aromatic N) is 1. The van der Waals surface area contributed by atoms with Crippen molar-refractivity contribution in [2.24, 2.45) is 0 Å². The summed E-state index contributed by atoms with van der Waals surface area (Å²) in [5.41, 5.74) is -0.460. The van der Waals surface area contributed by atoms with E-state index in [2.05, 4.69) is 4.98 Å². The van der Waals surface area contributed by atoms with E-state index in [1.165, 1.54) is 22.8 Å². The highest BCUT2D eigenvalue weighted by Crippen LogP contribution is 2.28. The summed E-state index contributed by atoms with van der Waals surface area (Å²) in [6, 6.07) is 1.13. The number of nitrogens with one attached hydrogen (secondary N) is 1. The molecule has 2 rings (SSSR count). The van der Waals surface area contributed by atoms with Crippen LogP contribution in [0, 0.1) is 0 Å². The third-order valence-corrected chi connectivity index (χ3v) is 5.61. The van der Waals surface area contributed by atoms with Gasteiger partial charge in [-0.2, -0.15) is 4.31 Å². The number of H-pyrrole nitrogens is 1. The molecule has 100 valence electrons. The Bertz CT molecular complexity index is 569. The molecule has 0 saturated carbocycles. The minimum Gasteiger partial charge on any atom is -0.366 e. The van der Waals surface area contributed by atoms with Crippen molar-refractivity contribution in [2.75, 3.05) is 0 Å². The SMILES string of the molecule is C[C@@H]1CCC[C@H](C)N1S(=O)(=O)c1c[nH]ccc1=O. The van der Waals surface area contributed by atoms with Gasteiger partial charge < -0.3 is 4.98 Å². The van der Waals surface area contributed by atoms with E-state index in [1.807, 2.05) is 13.8 Å². The van der Waals surface area contributed by atoms with Gasteiger partial charge in [-0.05, 0) is 26.7 Å². The average molecular weight is 270 g/mol. The zero-order valence-electron chi connectivity index (χ0n) is 10.6. The van der Waals surface area contributed by atoms with Crippen LogP contribution in [0.15, 0.2) is 28.2 Å². The van der Waals surface area contributed by atoms with Crippen molar-refractivity contribution in [1.82, 2.24) is 9.29 Å². The van der Waals surface area contributed by atoms with E-state index in [9.17, 15) is 13.2 Å². The van der Waals surface area contributed by atoms with Crippen molar-refractivity contribution < 1.29 is 8.42 Å². The van der Waals surface area contributed by atoms with Crippen molar-refractivity contribution in [3.63, 3.8) is 0 Å². The summed E-state index contributed by atoms with van der Waals surface area (Å²) in [6.07, 6.45) is 5.41. The fraction of sp³-hybridized carbons (Fsp3) is 0.583. The number of aromatic nitrogens is 1. The largest absolute Gasteiger partial charge is 0.366 e. The van der Waals surface area contributed by atoms with Gasteiger partial charge >= 0.3 is 0 Å². The average Bonchev–Trinajstić information content (AvgIpc) is 2.28. The zero-order valence-corrected chi connectivity index (χ0v) is 11.4. The maximum Gasteiger partial charge on any atom is 0.248 e. The number of aromatic amines is 1. The van der Waals surface area contributed by atoms with Crippen LogP contribution in [0.3, 0.4) is 0 Å². The Morgan fingerprint density at radius 3 is 2.44 bits per heavy atom. The molecule has 18 heavy (non-hydrogen) atoms. The summed E-state index contributed by atoms with van der Waals surface area (Å²) in [7, 11) is -3.70. The van der Waals surface area contributed by atoms with Crippen molar-refractivity contribution in [2.45, 2.75) is 50.1 Å². The van der Waals surface area contributed by atoms with Crippen molar-refractivity contribution in [3.8, 4) is 0 Å². The first-order valence-electron chi connectivity index (χ1n) is 6.15. The van der Waals surface area contributed by atoms with Gasteiger partial charge in [0.15, 0.2) is 0 Å². The quantitative estimate of drug-likeness (QED) is 0.881. The van der Waals surface area contributed by atoms with Crippen LogP contribution in [-0.4, -0.2) is 29.8 Å². The summed E-state index contributed by atoms with van der Waals surface area (Å²) in [5, 5.41) is 0. The lowest BCUT2D eigenvalue weighted by Crippen LogP contribution is -2.48. The molecule has 1 saturated heterocycles. The molecular formula is C12H18N2O3S. The Balaban J connectivity index is 2.48. The number of rotatable bonds is 2. The maximum absolute atomic E-state index is 12.5. The van der Waals surface area contributed by atoms with Gasteiger partial charge in [-0.25, -0.2) is 8.42 Å². The molecule has 0 amide bonds. The van der Waals surface area contributed by atoms with E-state index in [4.69, 9.17) is 0 Å². The fourth-order valence-electron chi connectivity index (χ4n) is 2.59. The Morgan fingerprint density at radius 2 is 1.89 bits per heavy atom. The zero-order chi connectivity index (χ0) is 13.3. The Hall–Kier alpha value is -1.14. The number of hydrogen-bond donors (Lipinski definition) is 1. The van der Waals surface area contributed by atoms with Crippen LogP contribution in [-0.2, 0) is 10.0 Å². The molecule has 0 unspecified atom stereocenters. The second-order valence-corrected chi connectivity index (χ2v) is 6.65. The molecule has 0 spiro atoms. The third kappa shape index (κ3) is 2.22. The Morgan fingerprint density at radius 1 is 1.28 bits per heavy atom. The molecule has 2 atom stereocenters. The molecule has 1 aromatic rings. The molecule has 1 aliphatic rings. The van der Waals surface area contributed by atoms with Crippen LogP contribution in [0.25, 0.3) is 0 Å². The van der Waals surface area contributed by atoms with Gasteiger partial charge in [0, 0.05) is 30.5 Å². The van der Waals surface area contributed by atoms with Gasteiger partial charge in [0.2, 0.25) is 15.5 Å². The molecule has 1 aromatic heterocycles. The van der Waals surface area contributed by atoms with Gasteiger partial charge in [0.05, 0.1) is 0 Å². The van der Waals surface area contributed by atoms with Crippen LogP contribution < -0.4 is 5.43 Å². The van der Waals surface area contributed by atoms with E-state index in [-0.39, 0.29) is 17.0 Å². The number of hydrogen-bond acceptors (Lipinski definition) is 3. The highest BCUT2D eigenvalue weighted by Gasteiger charge is 2.36. The molecule has 0 aliphatic carbocycles. The molecule has 2 heterocycles. The number of piperidine rings is 1. The van der Waals surface area contributed by atoms with E-state index in [0.29, 0.717) is 0 Å². The predicted octanol–water partition coefficient (Wildman–Crippen LogP) is 1.33. The molecule has 0 radical (unpaired) electrons. The lowest BCUT2D eigenvalue weighted by atomic mass is 10.0. The van der Waals surface area contributed by atoms with E-state index < -0.39 is 15.5 Å². The summed E-state index contributed by atoms with van der Waals surface area (Å²) in [4.78, 5) is 14.2. The predicted molar refractivity (Wildman–Crippen MR) is 68.9 cm³/mol. The molecule has 6 heteroatoms. The second-order valence-electron chi connectivity index (χ2n) is 4.84. The summed E-state index contributed by atoms with van der Waals surface area (Å²) < 4.78 is 26.5. The monoisotopic (exact) mass is 270 g/mol. The normalized spacial score (nSPS) is 26.1. The molecule has 1 fully saturated rings. The highest BCUT2D eigenvalue weighted by atomic mass is 32.2. The second kappa shape index (κ2) is 4.85. The van der Waals surface area contributed by atoms with Crippen LogP contribution in [0.4, 0.5) is 0 Å². The lowest BCUT2D eigenvalue weighted by molar-refractivity contribution is 0.204. The smallest absolute Gasteiger partial charge is 0.248 e. The molecule has 5 nitrogen and oxygen atoms in total. The Labute approximate surface area is 107 Å². The van der Waals surface area contributed by atoms with Crippen LogP contribution >= 0.6 is 0 Å². The molecule has 1 N–H and O–H groups in total. The van der Waals surface area contributed by atoms with Gasteiger partial charge in [-0.15, -0.1) is 0 Å².